The van der Waals surface area contributed by atoms with Gasteiger partial charge in [0.15, 0.2) is 0 Å². The normalized spacial score (nSPS) is 11.2. The number of pyridine rings is 2. The van der Waals surface area contributed by atoms with E-state index in [-0.39, 0.29) is 5.56 Å². The van der Waals surface area contributed by atoms with Gasteiger partial charge in [0.1, 0.15) is 5.56 Å². The van der Waals surface area contributed by atoms with Gasteiger partial charge in [-0.3, -0.25) is 19.4 Å². The molecule has 0 aromatic carbocycles. The molecule has 1 amide bonds. The molecule has 0 radical (unpaired) electrons. The zero-order chi connectivity index (χ0) is 15.5. The number of H-pyrrole nitrogens is 1. The molecule has 0 unspecified atom stereocenters. The lowest BCUT2D eigenvalue weighted by atomic mass is 10.1. The van der Waals surface area contributed by atoms with Crippen molar-refractivity contribution in [2.75, 3.05) is 0 Å². The van der Waals surface area contributed by atoms with E-state index in [2.05, 4.69) is 15.4 Å². The molecular weight excluding hydrogens is 270 g/mol. The summed E-state index contributed by atoms with van der Waals surface area (Å²) in [6, 6.07) is 6.68. The quantitative estimate of drug-likeness (QED) is 0.844. The summed E-state index contributed by atoms with van der Waals surface area (Å²) in [7, 11) is 0. The lowest BCUT2D eigenvalue weighted by Crippen LogP contribution is -2.36. The molecule has 0 spiro atoms. The van der Waals surface area contributed by atoms with E-state index in [0.717, 1.165) is 5.56 Å². The molecule has 2 heterocycles. The molecule has 0 aliphatic heterocycles. The summed E-state index contributed by atoms with van der Waals surface area (Å²) in [5, 5.41) is 0. The van der Waals surface area contributed by atoms with Crippen LogP contribution in [0.1, 0.15) is 31.1 Å². The number of carbonyl (C=O) groups excluding carboxylic acids is 1. The van der Waals surface area contributed by atoms with E-state index in [1.165, 1.54) is 6.07 Å². The van der Waals surface area contributed by atoms with Crippen molar-refractivity contribution in [1.29, 1.82) is 0 Å². The molecule has 2 N–H and O–H groups in total. The van der Waals surface area contributed by atoms with Gasteiger partial charge in [-0.15, -0.1) is 0 Å². The van der Waals surface area contributed by atoms with E-state index in [1.807, 2.05) is 0 Å². The number of hydrogen-bond acceptors (Lipinski definition) is 4. The van der Waals surface area contributed by atoms with Crippen LogP contribution in [0.25, 0.3) is 11.3 Å². The third-order valence-electron chi connectivity index (χ3n) is 2.60. The van der Waals surface area contributed by atoms with Gasteiger partial charge in [-0.05, 0) is 45.0 Å². The van der Waals surface area contributed by atoms with E-state index in [1.54, 1.807) is 51.4 Å². The van der Waals surface area contributed by atoms with Crippen LogP contribution in [0.3, 0.4) is 0 Å². The van der Waals surface area contributed by atoms with Gasteiger partial charge in [0.2, 0.25) is 0 Å². The van der Waals surface area contributed by atoms with Crippen molar-refractivity contribution < 1.29 is 9.63 Å². The minimum atomic E-state index is -0.576. The average molecular weight is 287 g/mol. The van der Waals surface area contributed by atoms with E-state index < -0.39 is 17.1 Å². The van der Waals surface area contributed by atoms with Crippen LogP contribution in [0.4, 0.5) is 0 Å². The van der Waals surface area contributed by atoms with Crippen molar-refractivity contribution in [2.45, 2.75) is 26.4 Å². The van der Waals surface area contributed by atoms with Gasteiger partial charge >= 0.3 is 0 Å². The summed E-state index contributed by atoms with van der Waals surface area (Å²) >= 11 is 0. The molecular formula is C15H17N3O3. The minimum absolute atomic E-state index is 0.00273. The Bertz CT molecular complexity index is 687. The predicted molar refractivity (Wildman–Crippen MR) is 78.6 cm³/mol. The van der Waals surface area contributed by atoms with Crippen LogP contribution >= 0.6 is 0 Å². The third-order valence-corrected chi connectivity index (χ3v) is 2.60. The summed E-state index contributed by atoms with van der Waals surface area (Å²) in [6.07, 6.45) is 3.26. The van der Waals surface area contributed by atoms with Crippen molar-refractivity contribution in [3.63, 3.8) is 0 Å². The highest BCUT2D eigenvalue weighted by molar-refractivity contribution is 5.93. The Hall–Kier alpha value is -2.47. The molecule has 0 saturated carbocycles. The Morgan fingerprint density at radius 3 is 2.43 bits per heavy atom. The van der Waals surface area contributed by atoms with Gasteiger partial charge in [0, 0.05) is 23.7 Å². The molecule has 0 aliphatic carbocycles. The van der Waals surface area contributed by atoms with Gasteiger partial charge in [0.25, 0.3) is 11.5 Å². The fourth-order valence-electron chi connectivity index (χ4n) is 1.61. The lowest BCUT2D eigenvalue weighted by molar-refractivity contribution is -0.0590. The first-order valence-electron chi connectivity index (χ1n) is 6.49. The number of rotatable bonds is 3. The first kappa shape index (κ1) is 14.9. The van der Waals surface area contributed by atoms with Gasteiger partial charge in [0.05, 0.1) is 5.60 Å². The van der Waals surface area contributed by atoms with E-state index in [0.29, 0.717) is 5.69 Å². The van der Waals surface area contributed by atoms with E-state index in [4.69, 9.17) is 4.84 Å². The molecule has 0 bridgehead atoms. The number of amides is 1. The predicted octanol–water partition coefficient (Wildman–Crippen LogP) is 1.90. The number of hydrogen-bond donors (Lipinski definition) is 2. The monoisotopic (exact) mass is 287 g/mol. The first-order valence-corrected chi connectivity index (χ1v) is 6.49. The average Bonchev–Trinajstić information content (AvgIpc) is 2.45. The zero-order valence-electron chi connectivity index (χ0n) is 12.1. The van der Waals surface area contributed by atoms with Gasteiger partial charge in [-0.25, -0.2) is 5.48 Å². The molecule has 110 valence electrons. The highest BCUT2D eigenvalue weighted by Gasteiger charge is 2.16. The smallest absolute Gasteiger partial charge is 0.280 e. The number of hydroxylamine groups is 1. The van der Waals surface area contributed by atoms with Crippen molar-refractivity contribution in [2.24, 2.45) is 0 Å². The number of aromatic amines is 1. The molecule has 2 rings (SSSR count). The molecule has 0 atom stereocenters. The Morgan fingerprint density at radius 1 is 1.19 bits per heavy atom. The number of aromatic nitrogens is 2. The van der Waals surface area contributed by atoms with Crippen LogP contribution in [-0.2, 0) is 4.84 Å². The van der Waals surface area contributed by atoms with Crippen molar-refractivity contribution in [3.8, 4) is 11.3 Å². The minimum Gasteiger partial charge on any atom is -0.321 e. The molecule has 0 fully saturated rings. The van der Waals surface area contributed by atoms with Crippen molar-refractivity contribution in [1.82, 2.24) is 15.4 Å². The maximum atomic E-state index is 12.0. The second-order valence-corrected chi connectivity index (χ2v) is 5.50. The fourth-order valence-corrected chi connectivity index (χ4v) is 1.61. The second kappa shape index (κ2) is 5.88. The Kier molecular flexibility index (Phi) is 4.18. The van der Waals surface area contributed by atoms with Gasteiger partial charge in [-0.2, -0.15) is 0 Å². The van der Waals surface area contributed by atoms with Crippen molar-refractivity contribution >= 4 is 5.91 Å². The van der Waals surface area contributed by atoms with E-state index >= 15 is 0 Å². The topological polar surface area (TPSA) is 84.1 Å². The number of carbonyl (C=O) groups is 1. The molecule has 21 heavy (non-hydrogen) atoms. The summed E-state index contributed by atoms with van der Waals surface area (Å²) in [5.74, 6) is -0.576. The summed E-state index contributed by atoms with van der Waals surface area (Å²) in [4.78, 5) is 35.6. The molecule has 6 heteroatoms. The second-order valence-electron chi connectivity index (χ2n) is 5.50. The molecule has 0 saturated heterocycles. The highest BCUT2D eigenvalue weighted by atomic mass is 16.7. The summed E-state index contributed by atoms with van der Waals surface area (Å²) < 4.78 is 0. The standard InChI is InChI=1S/C15H17N3O3/c1-15(2,3)21-18-14(20)11-4-5-12(17-13(11)19)10-6-8-16-9-7-10/h4-9H,1-3H3,(H,17,19)(H,18,20). The van der Waals surface area contributed by atoms with Crippen LogP contribution in [0.2, 0.25) is 0 Å². The summed E-state index contributed by atoms with van der Waals surface area (Å²) in [5.41, 5.74) is 2.71. The van der Waals surface area contributed by atoms with Crippen LogP contribution in [0.15, 0.2) is 41.5 Å². The van der Waals surface area contributed by atoms with Crippen LogP contribution in [-0.4, -0.2) is 21.5 Å². The first-order chi connectivity index (χ1) is 9.87. The highest BCUT2D eigenvalue weighted by Crippen LogP contribution is 2.13. The van der Waals surface area contributed by atoms with Crippen LogP contribution in [0.5, 0.6) is 0 Å². The number of nitrogens with one attached hydrogen (secondary N) is 2. The van der Waals surface area contributed by atoms with Crippen LogP contribution in [0, 0.1) is 0 Å². The molecule has 2 aromatic rings. The Balaban J connectivity index is 2.20. The Morgan fingerprint density at radius 2 is 1.86 bits per heavy atom. The number of nitrogens with zero attached hydrogens (tertiary/aromatic N) is 1. The maximum absolute atomic E-state index is 12.0. The maximum Gasteiger partial charge on any atom is 0.280 e. The zero-order valence-corrected chi connectivity index (χ0v) is 12.1. The molecule has 2 aromatic heterocycles. The lowest BCUT2D eigenvalue weighted by Gasteiger charge is -2.18. The van der Waals surface area contributed by atoms with Crippen LogP contribution < -0.4 is 11.0 Å². The van der Waals surface area contributed by atoms with Gasteiger partial charge < -0.3 is 4.98 Å². The largest absolute Gasteiger partial charge is 0.321 e. The van der Waals surface area contributed by atoms with Gasteiger partial charge in [-0.1, -0.05) is 0 Å². The van der Waals surface area contributed by atoms with E-state index in [9.17, 15) is 9.59 Å². The Labute approximate surface area is 122 Å². The fraction of sp³-hybridized carbons (Fsp3) is 0.267. The summed E-state index contributed by atoms with van der Waals surface area (Å²) in [6.45, 7) is 5.39. The molecule has 6 nitrogen and oxygen atoms in total. The SMILES string of the molecule is CC(C)(C)ONC(=O)c1ccc(-c2ccncc2)[nH]c1=O. The third kappa shape index (κ3) is 4.00. The van der Waals surface area contributed by atoms with Crippen molar-refractivity contribution in [3.05, 3.63) is 52.6 Å². The molecule has 0 aliphatic rings.